The van der Waals surface area contributed by atoms with Crippen LogP contribution in [0.3, 0.4) is 0 Å². The number of anilines is 1. The van der Waals surface area contributed by atoms with Gasteiger partial charge in [0.2, 0.25) is 6.41 Å². The van der Waals surface area contributed by atoms with Crippen LogP contribution in [0.1, 0.15) is 11.1 Å². The summed E-state index contributed by atoms with van der Waals surface area (Å²) >= 11 is 0. The van der Waals surface area contributed by atoms with Crippen molar-refractivity contribution in [2.45, 2.75) is 0 Å². The number of ether oxygens (including phenoxy) is 1. The Morgan fingerprint density at radius 1 is 1.56 bits per heavy atom. The number of carbonyl (C=O) groups excluding carboxylic acids is 1. The SMILES string of the molecule is CN=C(N)c1c(/C=C/COC)cccc1NC=O. The highest BCUT2D eigenvalue weighted by molar-refractivity contribution is 6.06. The van der Waals surface area contributed by atoms with Gasteiger partial charge >= 0.3 is 0 Å². The van der Waals surface area contributed by atoms with Crippen molar-refractivity contribution in [1.29, 1.82) is 0 Å². The van der Waals surface area contributed by atoms with Gasteiger partial charge in [-0.1, -0.05) is 24.3 Å². The molecule has 1 rings (SSSR count). The average Bonchev–Trinajstić information content (AvgIpc) is 2.39. The normalized spacial score (nSPS) is 11.8. The Kier molecular flexibility index (Phi) is 5.60. The van der Waals surface area contributed by atoms with Crippen molar-refractivity contribution < 1.29 is 9.53 Å². The van der Waals surface area contributed by atoms with Crippen LogP contribution in [-0.2, 0) is 9.53 Å². The molecule has 1 aromatic carbocycles. The number of nitrogens with zero attached hydrogens (tertiary/aromatic N) is 1. The third-order valence-electron chi connectivity index (χ3n) is 2.37. The Morgan fingerprint density at radius 3 is 2.94 bits per heavy atom. The van der Waals surface area contributed by atoms with E-state index in [1.54, 1.807) is 20.2 Å². The number of amidine groups is 1. The summed E-state index contributed by atoms with van der Waals surface area (Å²) in [6, 6.07) is 5.51. The lowest BCUT2D eigenvalue weighted by atomic mass is 10.0. The van der Waals surface area contributed by atoms with Crippen LogP contribution in [0.5, 0.6) is 0 Å². The van der Waals surface area contributed by atoms with Crippen molar-refractivity contribution in [2.24, 2.45) is 10.7 Å². The summed E-state index contributed by atoms with van der Waals surface area (Å²) in [6.07, 6.45) is 4.36. The molecule has 96 valence electrons. The maximum absolute atomic E-state index is 10.6. The number of carbonyl (C=O) groups is 1. The van der Waals surface area contributed by atoms with Gasteiger partial charge in [0.05, 0.1) is 12.3 Å². The number of hydrogen-bond acceptors (Lipinski definition) is 3. The van der Waals surface area contributed by atoms with Crippen molar-refractivity contribution in [2.75, 3.05) is 26.1 Å². The molecule has 0 aliphatic rings. The van der Waals surface area contributed by atoms with Gasteiger partial charge < -0.3 is 15.8 Å². The Balaban J connectivity index is 3.23. The van der Waals surface area contributed by atoms with Crippen LogP contribution >= 0.6 is 0 Å². The largest absolute Gasteiger partial charge is 0.383 e. The van der Waals surface area contributed by atoms with Gasteiger partial charge in [0.1, 0.15) is 5.84 Å². The lowest BCUT2D eigenvalue weighted by molar-refractivity contribution is -0.105. The maximum atomic E-state index is 10.6. The van der Waals surface area contributed by atoms with Gasteiger partial charge in [0.25, 0.3) is 0 Å². The Morgan fingerprint density at radius 2 is 2.33 bits per heavy atom. The Labute approximate surface area is 106 Å². The van der Waals surface area contributed by atoms with Crippen molar-refractivity contribution in [1.82, 2.24) is 0 Å². The van der Waals surface area contributed by atoms with E-state index in [-0.39, 0.29) is 0 Å². The monoisotopic (exact) mass is 247 g/mol. The zero-order chi connectivity index (χ0) is 13.4. The quantitative estimate of drug-likeness (QED) is 0.451. The van der Waals surface area contributed by atoms with E-state index < -0.39 is 0 Å². The van der Waals surface area contributed by atoms with Crippen LogP contribution in [0, 0.1) is 0 Å². The van der Waals surface area contributed by atoms with E-state index >= 15 is 0 Å². The first kappa shape index (κ1) is 13.9. The summed E-state index contributed by atoms with van der Waals surface area (Å²) in [4.78, 5) is 14.5. The van der Waals surface area contributed by atoms with Crippen molar-refractivity contribution in [3.63, 3.8) is 0 Å². The van der Waals surface area contributed by atoms with Gasteiger partial charge in [-0.3, -0.25) is 9.79 Å². The minimum absolute atomic E-state index is 0.372. The zero-order valence-corrected chi connectivity index (χ0v) is 10.5. The number of rotatable bonds is 6. The van der Waals surface area contributed by atoms with Gasteiger partial charge in [-0.25, -0.2) is 0 Å². The lowest BCUT2D eigenvalue weighted by Crippen LogP contribution is -2.17. The van der Waals surface area contributed by atoms with Gasteiger partial charge in [-0.05, 0) is 11.6 Å². The van der Waals surface area contributed by atoms with E-state index in [1.165, 1.54) is 0 Å². The minimum atomic E-state index is 0.372. The molecule has 0 saturated carbocycles. The van der Waals surface area contributed by atoms with Crippen molar-refractivity contribution >= 4 is 24.0 Å². The molecular formula is C13H17N3O2. The molecule has 0 spiro atoms. The predicted octanol–water partition coefficient (Wildman–Crippen LogP) is 1.25. The summed E-state index contributed by atoms with van der Waals surface area (Å²) in [5.41, 5.74) is 8.08. The molecule has 1 amide bonds. The summed E-state index contributed by atoms with van der Waals surface area (Å²) in [5.74, 6) is 0.372. The number of nitrogens with one attached hydrogen (secondary N) is 1. The second-order valence-electron chi connectivity index (χ2n) is 3.50. The molecule has 5 nitrogen and oxygen atoms in total. The van der Waals surface area contributed by atoms with E-state index in [9.17, 15) is 4.79 Å². The van der Waals surface area contributed by atoms with Crippen LogP contribution in [0.15, 0.2) is 29.3 Å². The topological polar surface area (TPSA) is 76.7 Å². The number of hydrogen-bond donors (Lipinski definition) is 2. The van der Waals surface area contributed by atoms with Crippen LogP contribution in [0.2, 0.25) is 0 Å². The third kappa shape index (κ3) is 3.43. The fourth-order valence-corrected chi connectivity index (χ4v) is 1.56. The zero-order valence-electron chi connectivity index (χ0n) is 10.5. The van der Waals surface area contributed by atoms with E-state index in [4.69, 9.17) is 10.5 Å². The summed E-state index contributed by atoms with van der Waals surface area (Å²) < 4.78 is 4.95. The molecule has 0 unspecified atom stereocenters. The maximum Gasteiger partial charge on any atom is 0.211 e. The van der Waals surface area contributed by atoms with E-state index in [1.807, 2.05) is 24.3 Å². The predicted molar refractivity (Wildman–Crippen MR) is 73.7 cm³/mol. The van der Waals surface area contributed by atoms with Gasteiger partial charge in [-0.15, -0.1) is 0 Å². The first-order valence-corrected chi connectivity index (χ1v) is 5.46. The lowest BCUT2D eigenvalue weighted by Gasteiger charge is -2.11. The molecule has 0 atom stereocenters. The van der Waals surface area contributed by atoms with Gasteiger partial charge in [0, 0.05) is 19.7 Å². The third-order valence-corrected chi connectivity index (χ3v) is 2.37. The molecule has 0 radical (unpaired) electrons. The summed E-state index contributed by atoms with van der Waals surface area (Å²) in [5, 5.41) is 2.62. The fraction of sp³-hybridized carbons (Fsp3) is 0.231. The van der Waals surface area contributed by atoms with Crippen LogP contribution in [0.4, 0.5) is 5.69 Å². The highest BCUT2D eigenvalue weighted by Crippen LogP contribution is 2.20. The van der Waals surface area contributed by atoms with Crippen LogP contribution in [-0.4, -0.2) is 33.0 Å². The summed E-state index contributed by atoms with van der Waals surface area (Å²) in [7, 11) is 3.23. The number of methoxy groups -OCH3 is 1. The molecule has 0 aliphatic carbocycles. The molecule has 1 aromatic rings. The number of nitrogens with two attached hydrogens (primary N) is 1. The summed E-state index contributed by atoms with van der Waals surface area (Å²) in [6.45, 7) is 0.508. The number of benzene rings is 1. The molecule has 0 fully saturated rings. The molecule has 0 heterocycles. The van der Waals surface area contributed by atoms with Crippen LogP contribution in [0.25, 0.3) is 6.08 Å². The molecule has 18 heavy (non-hydrogen) atoms. The number of amides is 1. The first-order chi connectivity index (χ1) is 8.74. The van der Waals surface area contributed by atoms with E-state index in [0.29, 0.717) is 30.1 Å². The Bertz CT molecular complexity index is 467. The van der Waals surface area contributed by atoms with E-state index in [0.717, 1.165) is 5.56 Å². The smallest absolute Gasteiger partial charge is 0.211 e. The molecule has 3 N–H and O–H groups in total. The molecule has 0 aromatic heterocycles. The molecule has 5 heteroatoms. The second-order valence-corrected chi connectivity index (χ2v) is 3.50. The minimum Gasteiger partial charge on any atom is -0.383 e. The standard InChI is InChI=1S/C13H17N3O2/c1-15-13(14)12-10(6-4-8-18-2)5-3-7-11(12)16-9-17/h3-7,9H,8H2,1-2H3,(H2,14,15)(H,16,17)/b6-4+. The fourth-order valence-electron chi connectivity index (χ4n) is 1.56. The highest BCUT2D eigenvalue weighted by Gasteiger charge is 2.09. The molecule has 0 bridgehead atoms. The molecule has 0 aliphatic heterocycles. The average molecular weight is 247 g/mol. The number of aliphatic imine (C=N–C) groups is 1. The van der Waals surface area contributed by atoms with Crippen molar-refractivity contribution in [3.05, 3.63) is 35.4 Å². The van der Waals surface area contributed by atoms with Gasteiger partial charge in [0.15, 0.2) is 0 Å². The first-order valence-electron chi connectivity index (χ1n) is 5.46. The second kappa shape index (κ2) is 7.24. The Hall–Kier alpha value is -2.14. The van der Waals surface area contributed by atoms with Crippen LogP contribution < -0.4 is 11.1 Å². The van der Waals surface area contributed by atoms with Crippen molar-refractivity contribution in [3.8, 4) is 0 Å². The highest BCUT2D eigenvalue weighted by atomic mass is 16.5. The molecular weight excluding hydrogens is 230 g/mol. The molecule has 0 saturated heterocycles. The van der Waals surface area contributed by atoms with E-state index in [2.05, 4.69) is 10.3 Å². The van der Waals surface area contributed by atoms with Gasteiger partial charge in [-0.2, -0.15) is 0 Å².